The first-order valence-electron chi connectivity index (χ1n) is 11.9. The van der Waals surface area contributed by atoms with Crippen LogP contribution in [0.4, 0.5) is 0 Å². The summed E-state index contributed by atoms with van der Waals surface area (Å²) in [6.45, 7) is 2.16. The van der Waals surface area contributed by atoms with Gasteiger partial charge in [-0.05, 0) is 36.2 Å². The van der Waals surface area contributed by atoms with E-state index >= 15 is 0 Å². The molecule has 2 aromatic carbocycles. The van der Waals surface area contributed by atoms with Crippen LogP contribution < -0.4 is 5.43 Å². The second-order valence-electron chi connectivity index (χ2n) is 8.81. The Morgan fingerprint density at radius 1 is 1.11 bits per heavy atom. The summed E-state index contributed by atoms with van der Waals surface area (Å²) >= 11 is 1.72. The molecule has 0 aliphatic carbocycles. The van der Waals surface area contributed by atoms with Crippen LogP contribution in [-0.2, 0) is 13.0 Å². The van der Waals surface area contributed by atoms with E-state index in [1.54, 1.807) is 28.9 Å². The molecular formula is C29H27N3O3S. The Bertz CT molecular complexity index is 1440. The van der Waals surface area contributed by atoms with Crippen LogP contribution in [0, 0.1) is 6.92 Å². The first-order chi connectivity index (χ1) is 17.6. The van der Waals surface area contributed by atoms with Crippen molar-refractivity contribution in [3.8, 4) is 5.69 Å². The van der Waals surface area contributed by atoms with Crippen LogP contribution in [0.15, 0.2) is 94.9 Å². The standard InChI is InChI=1S/C29H27N3O3S/c1-20-16-25(34)28(29(35)31(14-15-33)19-21-8-3-2-4-9-21)24-17-27(22-10-7-13-30-18-22)36-26-12-6-5-11-23(26)32(20)24/h2-13,16,18,27,33H,14-15,17,19H2,1H3. The summed E-state index contributed by atoms with van der Waals surface area (Å²) in [6.07, 6.45) is 4.08. The minimum Gasteiger partial charge on any atom is -0.395 e. The molecule has 4 aromatic rings. The summed E-state index contributed by atoms with van der Waals surface area (Å²) in [6, 6.07) is 23.2. The number of carbonyl (C=O) groups is 1. The number of aliphatic hydroxyl groups is 1. The van der Waals surface area contributed by atoms with Crippen molar-refractivity contribution in [1.82, 2.24) is 14.5 Å². The number of aliphatic hydroxyl groups excluding tert-OH is 1. The molecule has 0 saturated carbocycles. The third-order valence-electron chi connectivity index (χ3n) is 6.40. The predicted octanol–water partition coefficient (Wildman–Crippen LogP) is 4.57. The van der Waals surface area contributed by atoms with Crippen LogP contribution in [0.1, 0.15) is 38.1 Å². The minimum absolute atomic E-state index is 0.0261. The molecule has 1 aliphatic rings. The smallest absolute Gasteiger partial charge is 0.260 e. The Labute approximate surface area is 214 Å². The van der Waals surface area contributed by atoms with Gasteiger partial charge in [0.15, 0.2) is 5.43 Å². The van der Waals surface area contributed by atoms with E-state index in [1.807, 2.05) is 78.4 Å². The van der Waals surface area contributed by atoms with Crippen molar-refractivity contribution >= 4 is 17.7 Å². The molecule has 7 heteroatoms. The number of para-hydroxylation sites is 1. The molecule has 0 spiro atoms. The number of rotatable bonds is 6. The highest BCUT2D eigenvalue weighted by Crippen LogP contribution is 2.44. The van der Waals surface area contributed by atoms with E-state index in [0.29, 0.717) is 18.7 Å². The second kappa shape index (κ2) is 10.5. The van der Waals surface area contributed by atoms with Crippen molar-refractivity contribution < 1.29 is 9.90 Å². The molecule has 3 heterocycles. The lowest BCUT2D eigenvalue weighted by molar-refractivity contribution is 0.0704. The third-order valence-corrected chi connectivity index (χ3v) is 7.72. The SMILES string of the molecule is Cc1cc(=O)c(C(=O)N(CCO)Cc2ccccc2)c2n1-c1ccccc1SC(c1cccnc1)C2. The number of thioether (sulfide) groups is 1. The van der Waals surface area contributed by atoms with E-state index in [-0.39, 0.29) is 35.3 Å². The fourth-order valence-electron chi connectivity index (χ4n) is 4.75. The summed E-state index contributed by atoms with van der Waals surface area (Å²) in [4.78, 5) is 34.4. The number of pyridine rings is 2. The van der Waals surface area contributed by atoms with Crippen molar-refractivity contribution in [2.75, 3.05) is 13.2 Å². The van der Waals surface area contributed by atoms with E-state index < -0.39 is 0 Å². The third kappa shape index (κ3) is 4.72. The van der Waals surface area contributed by atoms with Gasteiger partial charge in [-0.2, -0.15) is 0 Å². The highest BCUT2D eigenvalue weighted by atomic mass is 32.2. The maximum absolute atomic E-state index is 14.0. The summed E-state index contributed by atoms with van der Waals surface area (Å²) in [7, 11) is 0. The van der Waals surface area contributed by atoms with Gasteiger partial charge in [-0.3, -0.25) is 14.6 Å². The molecule has 1 atom stereocenters. The van der Waals surface area contributed by atoms with Gasteiger partial charge in [0.1, 0.15) is 5.56 Å². The van der Waals surface area contributed by atoms with Crippen LogP contribution in [0.5, 0.6) is 0 Å². The monoisotopic (exact) mass is 497 g/mol. The number of hydrogen-bond acceptors (Lipinski definition) is 5. The maximum Gasteiger partial charge on any atom is 0.260 e. The molecule has 2 aromatic heterocycles. The summed E-state index contributed by atoms with van der Waals surface area (Å²) in [5, 5.41) is 9.71. The molecule has 0 saturated heterocycles. The molecular weight excluding hydrogens is 470 g/mol. The van der Waals surface area contributed by atoms with Gasteiger partial charge >= 0.3 is 0 Å². The molecule has 1 amide bonds. The average molecular weight is 498 g/mol. The highest BCUT2D eigenvalue weighted by Gasteiger charge is 2.31. The molecule has 182 valence electrons. The van der Waals surface area contributed by atoms with Crippen molar-refractivity contribution in [3.05, 3.63) is 123 Å². The molecule has 0 radical (unpaired) electrons. The Balaban J connectivity index is 1.67. The van der Waals surface area contributed by atoms with Crippen LogP contribution in [0.2, 0.25) is 0 Å². The summed E-state index contributed by atoms with van der Waals surface area (Å²) < 4.78 is 2.05. The van der Waals surface area contributed by atoms with Crippen LogP contribution in [-0.4, -0.2) is 38.6 Å². The van der Waals surface area contributed by atoms with E-state index in [9.17, 15) is 14.7 Å². The molecule has 0 fully saturated rings. The van der Waals surface area contributed by atoms with Gasteiger partial charge in [0.05, 0.1) is 12.3 Å². The molecule has 1 N–H and O–H groups in total. The van der Waals surface area contributed by atoms with Gasteiger partial charge in [0.25, 0.3) is 5.91 Å². The molecule has 5 rings (SSSR count). The number of carbonyl (C=O) groups excluding carboxylic acids is 1. The number of fused-ring (bicyclic) bond motifs is 3. The lowest BCUT2D eigenvalue weighted by Gasteiger charge is -2.25. The molecule has 0 bridgehead atoms. The van der Waals surface area contributed by atoms with Crippen LogP contribution >= 0.6 is 11.8 Å². The number of nitrogens with zero attached hydrogens (tertiary/aromatic N) is 3. The van der Waals surface area contributed by atoms with Crippen molar-refractivity contribution in [2.24, 2.45) is 0 Å². The molecule has 1 unspecified atom stereocenters. The molecule has 1 aliphatic heterocycles. The van der Waals surface area contributed by atoms with Crippen molar-refractivity contribution in [3.63, 3.8) is 0 Å². The Morgan fingerprint density at radius 3 is 2.64 bits per heavy atom. The minimum atomic E-state index is -0.365. The Hall–Kier alpha value is -3.68. The van der Waals surface area contributed by atoms with E-state index in [0.717, 1.165) is 27.4 Å². The van der Waals surface area contributed by atoms with Gasteiger partial charge < -0.3 is 14.6 Å². The van der Waals surface area contributed by atoms with Gasteiger partial charge in [-0.25, -0.2) is 0 Å². The largest absolute Gasteiger partial charge is 0.395 e. The van der Waals surface area contributed by atoms with Gasteiger partial charge in [-0.15, -0.1) is 11.8 Å². The zero-order valence-corrected chi connectivity index (χ0v) is 20.8. The van der Waals surface area contributed by atoms with E-state index in [1.165, 1.54) is 0 Å². The van der Waals surface area contributed by atoms with E-state index in [4.69, 9.17) is 0 Å². The van der Waals surface area contributed by atoms with Gasteiger partial charge in [-0.1, -0.05) is 48.5 Å². The Morgan fingerprint density at radius 2 is 1.89 bits per heavy atom. The van der Waals surface area contributed by atoms with Gasteiger partial charge in [0, 0.05) is 59.5 Å². The molecule has 36 heavy (non-hydrogen) atoms. The summed E-state index contributed by atoms with van der Waals surface area (Å²) in [5.74, 6) is -0.365. The first-order valence-corrected chi connectivity index (χ1v) is 12.8. The fraction of sp³-hybridized carbons (Fsp3) is 0.207. The van der Waals surface area contributed by atoms with Crippen molar-refractivity contribution in [1.29, 1.82) is 0 Å². The molecule has 6 nitrogen and oxygen atoms in total. The summed E-state index contributed by atoms with van der Waals surface area (Å²) in [5.41, 5.74) is 4.26. The number of benzene rings is 2. The Kier molecular flexibility index (Phi) is 7.02. The fourth-order valence-corrected chi connectivity index (χ4v) is 6.01. The first kappa shape index (κ1) is 24.0. The number of amides is 1. The average Bonchev–Trinajstić information content (AvgIpc) is 3.07. The second-order valence-corrected chi connectivity index (χ2v) is 10.1. The maximum atomic E-state index is 14.0. The zero-order chi connectivity index (χ0) is 25.1. The van der Waals surface area contributed by atoms with E-state index in [2.05, 4.69) is 11.1 Å². The highest BCUT2D eigenvalue weighted by molar-refractivity contribution is 7.99. The normalized spacial score (nSPS) is 14.4. The lowest BCUT2D eigenvalue weighted by atomic mass is 10.0. The number of aromatic nitrogens is 2. The van der Waals surface area contributed by atoms with Crippen LogP contribution in [0.3, 0.4) is 0 Å². The topological polar surface area (TPSA) is 75.4 Å². The van der Waals surface area contributed by atoms with Gasteiger partial charge in [0.2, 0.25) is 0 Å². The zero-order valence-electron chi connectivity index (χ0n) is 20.0. The quantitative estimate of drug-likeness (QED) is 0.423. The van der Waals surface area contributed by atoms with Crippen LogP contribution in [0.25, 0.3) is 5.69 Å². The predicted molar refractivity (Wildman–Crippen MR) is 142 cm³/mol. The van der Waals surface area contributed by atoms with Crippen molar-refractivity contribution in [2.45, 2.75) is 30.0 Å². The number of hydrogen-bond donors (Lipinski definition) is 1. The number of aryl methyl sites for hydroxylation is 1. The lowest BCUT2D eigenvalue weighted by Crippen LogP contribution is -2.38.